The summed E-state index contributed by atoms with van der Waals surface area (Å²) < 4.78 is 10.7. The lowest BCUT2D eigenvalue weighted by Gasteiger charge is -2.16. The number of esters is 1. The average molecular weight is 444 g/mol. The molecule has 2 amide bonds. The Morgan fingerprint density at radius 1 is 0.818 bits per heavy atom. The smallest absolute Gasteiger partial charge is 0.342 e. The minimum absolute atomic E-state index is 0.147. The van der Waals surface area contributed by atoms with Crippen molar-refractivity contribution in [2.24, 2.45) is 0 Å². The fourth-order valence-electron chi connectivity index (χ4n) is 3.75. The molecule has 4 rings (SSSR count). The van der Waals surface area contributed by atoms with E-state index in [0.29, 0.717) is 0 Å². The van der Waals surface area contributed by atoms with Crippen molar-refractivity contribution < 1.29 is 23.9 Å². The molecule has 1 aliphatic carbocycles. The number of hydrogen-bond donors (Lipinski definition) is 1. The number of carbonyl (C=O) groups is 3. The van der Waals surface area contributed by atoms with Crippen LogP contribution in [0.25, 0.3) is 11.1 Å². The van der Waals surface area contributed by atoms with E-state index in [0.717, 1.165) is 22.3 Å². The first kappa shape index (κ1) is 22.1. The molecule has 0 radical (unpaired) electrons. The molecule has 0 fully saturated rings. The van der Waals surface area contributed by atoms with Crippen LogP contribution < -0.4 is 10.1 Å². The fraction of sp³-hybridized carbons (Fsp3) is 0.192. The first-order valence-corrected chi connectivity index (χ1v) is 10.5. The van der Waals surface area contributed by atoms with Gasteiger partial charge in [0.05, 0.1) is 6.04 Å². The van der Waals surface area contributed by atoms with Crippen molar-refractivity contribution in [2.75, 3.05) is 27.3 Å². The molecule has 0 bridgehead atoms. The number of fused-ring (bicyclic) bond motifs is 3. The van der Waals surface area contributed by atoms with E-state index in [4.69, 9.17) is 9.47 Å². The highest BCUT2D eigenvalue weighted by molar-refractivity contribution is 5.94. The Hall–Kier alpha value is -4.13. The normalized spacial score (nSPS) is 11.8. The van der Waals surface area contributed by atoms with Gasteiger partial charge >= 0.3 is 5.97 Å². The maximum absolute atomic E-state index is 12.7. The number of para-hydroxylation sites is 1. The van der Waals surface area contributed by atoms with Crippen LogP contribution in [0.1, 0.15) is 27.5 Å². The van der Waals surface area contributed by atoms with Gasteiger partial charge in [-0.15, -0.1) is 0 Å². The number of nitrogens with zero attached hydrogens (tertiary/aromatic N) is 1. The first-order valence-electron chi connectivity index (χ1n) is 10.5. The van der Waals surface area contributed by atoms with E-state index >= 15 is 0 Å². The highest BCUT2D eigenvalue weighted by atomic mass is 16.5. The van der Waals surface area contributed by atoms with Crippen LogP contribution in [0, 0.1) is 0 Å². The number of likely N-dealkylation sites (N-methyl/N-ethyl adjacent to an activating group) is 1. The number of rotatable bonds is 7. The SMILES string of the molecule is CN(C)C(=O)COc1ccccc1C(=O)OCC(=O)NC1c2ccccc2-c2ccccc21. The Bertz CT molecular complexity index is 1160. The Morgan fingerprint density at radius 3 is 2.03 bits per heavy atom. The van der Waals surface area contributed by atoms with Gasteiger partial charge in [-0.05, 0) is 34.4 Å². The van der Waals surface area contributed by atoms with Crippen molar-refractivity contribution in [2.45, 2.75) is 6.04 Å². The van der Waals surface area contributed by atoms with Crippen LogP contribution in [0.4, 0.5) is 0 Å². The maximum Gasteiger partial charge on any atom is 0.342 e. The second-order valence-electron chi connectivity index (χ2n) is 7.82. The molecular weight excluding hydrogens is 420 g/mol. The number of nitrogens with one attached hydrogen (secondary N) is 1. The van der Waals surface area contributed by atoms with E-state index in [2.05, 4.69) is 5.32 Å². The zero-order chi connectivity index (χ0) is 23.4. The standard InChI is InChI=1S/C26H24N2O5/c1-28(2)24(30)16-32-22-14-8-7-13-21(22)26(31)33-15-23(29)27-25-19-11-5-3-9-17(19)18-10-4-6-12-20(18)25/h3-14,25H,15-16H2,1-2H3,(H,27,29). The predicted molar refractivity (Wildman–Crippen MR) is 123 cm³/mol. The fourth-order valence-corrected chi connectivity index (χ4v) is 3.75. The summed E-state index contributed by atoms with van der Waals surface area (Å²) in [6, 6.07) is 21.9. The van der Waals surface area contributed by atoms with E-state index in [-0.39, 0.29) is 29.9 Å². The lowest BCUT2D eigenvalue weighted by molar-refractivity contribution is -0.130. The molecule has 0 saturated heterocycles. The van der Waals surface area contributed by atoms with Gasteiger partial charge in [0.1, 0.15) is 11.3 Å². The summed E-state index contributed by atoms with van der Waals surface area (Å²) in [5.74, 6) is -1.14. The van der Waals surface area contributed by atoms with Crippen LogP contribution in [-0.4, -0.2) is 50.0 Å². The molecule has 168 valence electrons. The molecule has 1 aliphatic rings. The van der Waals surface area contributed by atoms with Gasteiger partial charge in [0.25, 0.3) is 11.8 Å². The molecule has 0 aromatic heterocycles. The molecule has 0 atom stereocenters. The van der Waals surface area contributed by atoms with Crippen molar-refractivity contribution in [3.8, 4) is 16.9 Å². The van der Waals surface area contributed by atoms with Crippen molar-refractivity contribution in [3.63, 3.8) is 0 Å². The summed E-state index contributed by atoms with van der Waals surface area (Å²) in [7, 11) is 3.23. The van der Waals surface area contributed by atoms with Gasteiger partial charge in [0.15, 0.2) is 13.2 Å². The van der Waals surface area contributed by atoms with Crippen LogP contribution in [0.5, 0.6) is 5.75 Å². The van der Waals surface area contributed by atoms with E-state index < -0.39 is 18.5 Å². The van der Waals surface area contributed by atoms with Crippen LogP contribution in [0.2, 0.25) is 0 Å². The number of carbonyl (C=O) groups excluding carboxylic acids is 3. The van der Waals surface area contributed by atoms with Crippen molar-refractivity contribution in [1.29, 1.82) is 0 Å². The molecule has 7 nitrogen and oxygen atoms in total. The van der Waals surface area contributed by atoms with Crippen molar-refractivity contribution in [3.05, 3.63) is 89.5 Å². The number of hydrogen-bond acceptors (Lipinski definition) is 5. The molecule has 33 heavy (non-hydrogen) atoms. The highest BCUT2D eigenvalue weighted by Crippen LogP contribution is 2.42. The zero-order valence-corrected chi connectivity index (χ0v) is 18.4. The van der Waals surface area contributed by atoms with E-state index in [1.807, 2.05) is 48.5 Å². The third-order valence-electron chi connectivity index (χ3n) is 5.43. The third-order valence-corrected chi connectivity index (χ3v) is 5.43. The van der Waals surface area contributed by atoms with Gasteiger partial charge in [-0.25, -0.2) is 4.79 Å². The summed E-state index contributed by atoms with van der Waals surface area (Å²) in [6.07, 6.45) is 0. The van der Waals surface area contributed by atoms with Gasteiger partial charge < -0.3 is 19.7 Å². The minimum Gasteiger partial charge on any atom is -0.483 e. The molecule has 0 aliphatic heterocycles. The first-order chi connectivity index (χ1) is 16.0. The third kappa shape index (κ3) is 4.72. The summed E-state index contributed by atoms with van der Waals surface area (Å²) in [4.78, 5) is 38.4. The molecule has 3 aromatic rings. The number of amides is 2. The lowest BCUT2D eigenvalue weighted by Crippen LogP contribution is -2.32. The molecular formula is C26H24N2O5. The van der Waals surface area contributed by atoms with Gasteiger partial charge in [-0.1, -0.05) is 60.7 Å². The molecule has 0 heterocycles. The monoisotopic (exact) mass is 444 g/mol. The quantitative estimate of drug-likeness (QED) is 0.566. The summed E-state index contributed by atoms with van der Waals surface area (Å²) >= 11 is 0. The second kappa shape index (κ2) is 9.56. The summed E-state index contributed by atoms with van der Waals surface area (Å²) in [5.41, 5.74) is 4.31. The molecule has 1 N–H and O–H groups in total. The van der Waals surface area contributed by atoms with Crippen LogP contribution in [-0.2, 0) is 14.3 Å². The Morgan fingerprint density at radius 2 is 1.39 bits per heavy atom. The number of ether oxygens (including phenoxy) is 2. The lowest BCUT2D eigenvalue weighted by atomic mass is 10.1. The number of benzene rings is 3. The Kier molecular flexibility index (Phi) is 6.40. The molecule has 7 heteroatoms. The topological polar surface area (TPSA) is 84.9 Å². The summed E-state index contributed by atoms with van der Waals surface area (Å²) in [5, 5.41) is 2.97. The van der Waals surface area contributed by atoms with Gasteiger partial charge in [-0.2, -0.15) is 0 Å². The summed E-state index contributed by atoms with van der Waals surface area (Å²) in [6.45, 7) is -0.650. The van der Waals surface area contributed by atoms with Gasteiger partial charge in [0, 0.05) is 14.1 Å². The zero-order valence-electron chi connectivity index (χ0n) is 18.4. The van der Waals surface area contributed by atoms with Crippen molar-refractivity contribution >= 4 is 17.8 Å². The maximum atomic E-state index is 12.7. The highest BCUT2D eigenvalue weighted by Gasteiger charge is 2.29. The van der Waals surface area contributed by atoms with E-state index in [9.17, 15) is 14.4 Å². The average Bonchev–Trinajstić information content (AvgIpc) is 3.15. The molecule has 0 unspecified atom stereocenters. The van der Waals surface area contributed by atoms with Crippen LogP contribution >= 0.6 is 0 Å². The van der Waals surface area contributed by atoms with E-state index in [1.54, 1.807) is 32.3 Å². The van der Waals surface area contributed by atoms with E-state index in [1.165, 1.54) is 11.0 Å². The van der Waals surface area contributed by atoms with Gasteiger partial charge in [0.2, 0.25) is 0 Å². The Balaban J connectivity index is 1.40. The molecule has 0 spiro atoms. The molecule has 0 saturated carbocycles. The van der Waals surface area contributed by atoms with Crippen LogP contribution in [0.15, 0.2) is 72.8 Å². The second-order valence-corrected chi connectivity index (χ2v) is 7.82. The Labute approximate surface area is 191 Å². The minimum atomic E-state index is -0.703. The van der Waals surface area contributed by atoms with Crippen molar-refractivity contribution in [1.82, 2.24) is 10.2 Å². The molecule has 3 aromatic carbocycles. The van der Waals surface area contributed by atoms with Gasteiger partial charge in [-0.3, -0.25) is 9.59 Å². The predicted octanol–water partition coefficient (Wildman–Crippen LogP) is 3.20. The largest absolute Gasteiger partial charge is 0.483 e. The van der Waals surface area contributed by atoms with Crippen LogP contribution in [0.3, 0.4) is 0 Å².